The molecule has 1 saturated carbocycles. The summed E-state index contributed by atoms with van der Waals surface area (Å²) >= 11 is 0. The zero-order chi connectivity index (χ0) is 10.4. The van der Waals surface area contributed by atoms with Crippen LogP contribution in [0.25, 0.3) is 0 Å². The number of halogens is 2. The molecule has 0 spiro atoms. The molecule has 0 aromatic carbocycles. The maximum atomic E-state index is 12.9. The van der Waals surface area contributed by atoms with E-state index in [0.29, 0.717) is 17.5 Å². The Morgan fingerprint density at radius 2 is 2.14 bits per heavy atom. The van der Waals surface area contributed by atoms with Crippen molar-refractivity contribution in [3.05, 3.63) is 29.6 Å². The minimum absolute atomic E-state index is 0.159. The van der Waals surface area contributed by atoms with E-state index in [0.717, 1.165) is 0 Å². The van der Waals surface area contributed by atoms with Gasteiger partial charge in [-0.25, -0.2) is 8.78 Å². The van der Waals surface area contributed by atoms with Crippen LogP contribution in [0.3, 0.4) is 0 Å². The van der Waals surface area contributed by atoms with Crippen molar-refractivity contribution in [3.63, 3.8) is 0 Å². The molecule has 1 atom stereocenters. The minimum Gasteiger partial charge on any atom is -0.298 e. The molecular weight excluding hydrogens is 188 g/mol. The number of hydrogen-bond acceptors (Lipinski definition) is 2. The third kappa shape index (κ3) is 1.14. The predicted octanol–water partition coefficient (Wildman–Crippen LogP) is 2.19. The van der Waals surface area contributed by atoms with Gasteiger partial charge in [-0.15, -0.1) is 0 Å². The number of nitrogens with zero attached hydrogens (tertiary/aromatic N) is 1. The summed E-state index contributed by atoms with van der Waals surface area (Å²) in [4.78, 5) is 14.2. The lowest BCUT2D eigenvalue weighted by Gasteiger charge is -2.08. The van der Waals surface area contributed by atoms with Crippen molar-refractivity contribution in [2.45, 2.75) is 24.7 Å². The normalized spacial score (nSPS) is 28.5. The van der Waals surface area contributed by atoms with Crippen molar-refractivity contribution >= 4 is 6.29 Å². The van der Waals surface area contributed by atoms with Crippen LogP contribution >= 0.6 is 0 Å². The first kappa shape index (κ1) is 9.24. The van der Waals surface area contributed by atoms with Crippen LogP contribution in [0.4, 0.5) is 8.78 Å². The zero-order valence-corrected chi connectivity index (χ0v) is 7.63. The molecule has 1 aliphatic carbocycles. The van der Waals surface area contributed by atoms with Gasteiger partial charge < -0.3 is 0 Å². The molecule has 0 N–H and O–H groups in total. The van der Waals surface area contributed by atoms with Crippen LogP contribution in [0, 0.1) is 0 Å². The van der Waals surface area contributed by atoms with Crippen LogP contribution < -0.4 is 0 Å². The zero-order valence-electron chi connectivity index (χ0n) is 7.63. The Hall–Kier alpha value is -1.32. The van der Waals surface area contributed by atoms with Gasteiger partial charge in [0.05, 0.1) is 11.1 Å². The predicted molar refractivity (Wildman–Crippen MR) is 46.5 cm³/mol. The second-order valence-electron chi connectivity index (χ2n) is 3.81. The average molecular weight is 197 g/mol. The van der Waals surface area contributed by atoms with E-state index >= 15 is 0 Å². The number of aldehydes is 1. The van der Waals surface area contributed by atoms with Crippen LogP contribution in [-0.4, -0.2) is 17.2 Å². The molecular formula is C10H9F2NO. The van der Waals surface area contributed by atoms with Crippen molar-refractivity contribution in [1.29, 1.82) is 0 Å². The highest BCUT2D eigenvalue weighted by atomic mass is 19.3. The highest BCUT2D eigenvalue weighted by Gasteiger charge is 2.69. The summed E-state index contributed by atoms with van der Waals surface area (Å²) in [6.07, 6.45) is 1.81. The average Bonchev–Trinajstić information content (AvgIpc) is 2.68. The summed E-state index contributed by atoms with van der Waals surface area (Å²) in [5.41, 5.74) is -0.372. The maximum Gasteiger partial charge on any atom is 0.260 e. The van der Waals surface area contributed by atoms with E-state index in [1.807, 2.05) is 0 Å². The van der Waals surface area contributed by atoms with Crippen LogP contribution in [-0.2, 0) is 5.41 Å². The second kappa shape index (κ2) is 2.59. The molecule has 0 bridgehead atoms. The minimum atomic E-state index is -2.65. The second-order valence-corrected chi connectivity index (χ2v) is 3.81. The summed E-state index contributed by atoms with van der Waals surface area (Å²) in [7, 11) is 0. The molecule has 1 heterocycles. The lowest BCUT2D eigenvalue weighted by Crippen LogP contribution is -2.13. The smallest absolute Gasteiger partial charge is 0.260 e. The summed E-state index contributed by atoms with van der Waals surface area (Å²) in [5.74, 6) is -2.65. The Balaban J connectivity index is 2.31. The number of hydrogen-bond donors (Lipinski definition) is 0. The number of carbonyl (C=O) groups excluding carboxylic acids is 1. The van der Waals surface area contributed by atoms with Gasteiger partial charge in [0.1, 0.15) is 0 Å². The Morgan fingerprint density at radius 1 is 1.50 bits per heavy atom. The van der Waals surface area contributed by atoms with Gasteiger partial charge in [0.2, 0.25) is 0 Å². The number of rotatable bonds is 2. The molecule has 1 fully saturated rings. The van der Waals surface area contributed by atoms with Gasteiger partial charge in [0, 0.05) is 18.2 Å². The van der Waals surface area contributed by atoms with Crippen LogP contribution in [0.15, 0.2) is 18.3 Å². The van der Waals surface area contributed by atoms with Gasteiger partial charge in [0.15, 0.2) is 6.29 Å². The van der Waals surface area contributed by atoms with Crippen molar-refractivity contribution in [3.8, 4) is 0 Å². The van der Waals surface area contributed by atoms with Crippen molar-refractivity contribution in [1.82, 2.24) is 4.98 Å². The molecule has 1 aromatic heterocycles. The summed E-state index contributed by atoms with van der Waals surface area (Å²) in [6, 6.07) is 3.00. The van der Waals surface area contributed by atoms with E-state index in [9.17, 15) is 13.6 Å². The Labute approximate surface area is 80.0 Å². The third-order valence-corrected chi connectivity index (χ3v) is 2.75. The molecule has 74 valence electrons. The fraction of sp³-hybridized carbons (Fsp3) is 0.400. The maximum absolute atomic E-state index is 12.9. The lowest BCUT2D eigenvalue weighted by molar-refractivity contribution is 0.0910. The molecule has 1 unspecified atom stereocenters. The molecule has 1 aromatic rings. The molecule has 0 radical (unpaired) electrons. The highest BCUT2D eigenvalue weighted by molar-refractivity contribution is 5.73. The molecule has 1 aliphatic rings. The quantitative estimate of drug-likeness (QED) is 0.680. The monoisotopic (exact) mass is 197 g/mol. The molecule has 4 heteroatoms. The third-order valence-electron chi connectivity index (χ3n) is 2.75. The van der Waals surface area contributed by atoms with Crippen molar-refractivity contribution in [2.24, 2.45) is 0 Å². The molecule has 2 nitrogen and oxygen atoms in total. The van der Waals surface area contributed by atoms with Crippen LogP contribution in [0.5, 0.6) is 0 Å². The summed E-state index contributed by atoms with van der Waals surface area (Å²) < 4.78 is 25.9. The molecule has 2 rings (SSSR count). The first-order valence-corrected chi connectivity index (χ1v) is 4.29. The van der Waals surface area contributed by atoms with E-state index in [1.54, 1.807) is 0 Å². The Kier molecular flexibility index (Phi) is 1.71. The van der Waals surface area contributed by atoms with E-state index in [4.69, 9.17) is 0 Å². The van der Waals surface area contributed by atoms with Crippen molar-refractivity contribution < 1.29 is 13.6 Å². The van der Waals surface area contributed by atoms with E-state index in [1.165, 1.54) is 25.3 Å². The lowest BCUT2D eigenvalue weighted by atomic mass is 10.0. The largest absolute Gasteiger partial charge is 0.298 e. The summed E-state index contributed by atoms with van der Waals surface area (Å²) in [5, 5.41) is 0. The van der Waals surface area contributed by atoms with Crippen molar-refractivity contribution in [2.75, 3.05) is 0 Å². The van der Waals surface area contributed by atoms with Gasteiger partial charge in [-0.05, 0) is 19.1 Å². The van der Waals surface area contributed by atoms with E-state index < -0.39 is 11.3 Å². The molecule has 14 heavy (non-hydrogen) atoms. The standard InChI is InChI=1S/C10H9F2NO/c1-9(6-10(9,11)12)8-3-2-7(5-14)4-13-8/h2-5H,6H2,1H3. The topological polar surface area (TPSA) is 30.0 Å². The van der Waals surface area contributed by atoms with Crippen LogP contribution in [0.2, 0.25) is 0 Å². The van der Waals surface area contributed by atoms with Gasteiger partial charge in [-0.2, -0.15) is 0 Å². The first-order valence-electron chi connectivity index (χ1n) is 4.29. The summed E-state index contributed by atoms with van der Waals surface area (Å²) in [6.45, 7) is 1.48. The Bertz CT molecular complexity index is 374. The Morgan fingerprint density at radius 3 is 2.50 bits per heavy atom. The van der Waals surface area contributed by atoms with Gasteiger partial charge in [-0.3, -0.25) is 9.78 Å². The molecule has 0 saturated heterocycles. The number of alkyl halides is 2. The van der Waals surface area contributed by atoms with Gasteiger partial charge in [-0.1, -0.05) is 0 Å². The van der Waals surface area contributed by atoms with E-state index in [-0.39, 0.29) is 6.42 Å². The van der Waals surface area contributed by atoms with Crippen LogP contribution in [0.1, 0.15) is 29.4 Å². The number of carbonyl (C=O) groups is 1. The van der Waals surface area contributed by atoms with E-state index in [2.05, 4.69) is 4.98 Å². The highest BCUT2D eigenvalue weighted by Crippen LogP contribution is 2.60. The van der Waals surface area contributed by atoms with Gasteiger partial charge in [0.25, 0.3) is 5.92 Å². The molecule has 0 amide bonds. The number of aromatic nitrogens is 1. The number of pyridine rings is 1. The SMILES string of the molecule is CC1(c2ccc(C=O)cn2)CC1(F)F. The fourth-order valence-corrected chi connectivity index (χ4v) is 1.48. The molecule has 0 aliphatic heterocycles. The first-order chi connectivity index (χ1) is 6.49. The van der Waals surface area contributed by atoms with Gasteiger partial charge >= 0.3 is 0 Å². The fourth-order valence-electron chi connectivity index (χ4n) is 1.48.